The molecule has 1 aromatic heterocycles. The van der Waals surface area contributed by atoms with Crippen LogP contribution in [0.25, 0.3) is 0 Å². The number of ether oxygens (including phenoxy) is 1. The highest BCUT2D eigenvalue weighted by Gasteiger charge is 2.29. The van der Waals surface area contributed by atoms with Crippen molar-refractivity contribution in [3.63, 3.8) is 0 Å². The van der Waals surface area contributed by atoms with Crippen molar-refractivity contribution in [2.75, 3.05) is 26.7 Å². The van der Waals surface area contributed by atoms with Crippen molar-refractivity contribution >= 4 is 17.8 Å². The fourth-order valence-corrected chi connectivity index (χ4v) is 3.71. The number of nitrogens with one attached hydrogen (secondary N) is 2. The highest BCUT2D eigenvalue weighted by Crippen LogP contribution is 2.25. The van der Waals surface area contributed by atoms with Crippen molar-refractivity contribution in [3.8, 4) is 0 Å². The van der Waals surface area contributed by atoms with E-state index in [1.807, 2.05) is 0 Å². The van der Waals surface area contributed by atoms with Gasteiger partial charge < -0.3 is 19.9 Å². The van der Waals surface area contributed by atoms with Crippen LogP contribution in [-0.2, 0) is 9.53 Å². The number of aromatic nitrogens is 1. The molecule has 2 heterocycles. The number of methoxy groups -OCH3 is 1. The topological polar surface area (TPSA) is 91.5 Å². The van der Waals surface area contributed by atoms with E-state index in [9.17, 15) is 14.4 Å². The van der Waals surface area contributed by atoms with Gasteiger partial charge in [0, 0.05) is 31.7 Å². The third-order valence-corrected chi connectivity index (χ3v) is 5.46. The number of aromatic amines is 1. The van der Waals surface area contributed by atoms with Gasteiger partial charge in [-0.1, -0.05) is 13.8 Å². The van der Waals surface area contributed by atoms with Crippen molar-refractivity contribution in [1.29, 1.82) is 0 Å². The average Bonchev–Trinajstić information content (AvgIpc) is 2.95. The molecule has 2 N–H and O–H groups in total. The molecule has 1 saturated heterocycles. The van der Waals surface area contributed by atoms with Crippen LogP contribution >= 0.6 is 0 Å². The van der Waals surface area contributed by atoms with E-state index < -0.39 is 5.97 Å². The van der Waals surface area contributed by atoms with Gasteiger partial charge in [0.1, 0.15) is 5.69 Å². The van der Waals surface area contributed by atoms with Crippen LogP contribution in [0.15, 0.2) is 0 Å². The van der Waals surface area contributed by atoms with Gasteiger partial charge in [0.15, 0.2) is 0 Å². The van der Waals surface area contributed by atoms with E-state index in [1.54, 1.807) is 18.7 Å². The zero-order valence-electron chi connectivity index (χ0n) is 17.7. The van der Waals surface area contributed by atoms with Gasteiger partial charge in [0.25, 0.3) is 5.91 Å². The normalized spacial score (nSPS) is 15.0. The van der Waals surface area contributed by atoms with E-state index in [2.05, 4.69) is 24.1 Å². The fraction of sp³-hybridized carbons (Fsp3) is 0.667. The first-order chi connectivity index (χ1) is 13.2. The van der Waals surface area contributed by atoms with Gasteiger partial charge >= 0.3 is 5.97 Å². The number of aryl methyl sites for hydroxylation is 1. The number of carbonyl (C=O) groups excluding carboxylic acids is 3. The Morgan fingerprint density at radius 1 is 1.21 bits per heavy atom. The van der Waals surface area contributed by atoms with E-state index in [4.69, 9.17) is 4.74 Å². The second-order valence-electron chi connectivity index (χ2n) is 8.09. The van der Waals surface area contributed by atoms with Crippen LogP contribution in [0.4, 0.5) is 0 Å². The lowest BCUT2D eigenvalue weighted by Crippen LogP contribution is -2.40. The summed E-state index contributed by atoms with van der Waals surface area (Å²) >= 11 is 0. The lowest BCUT2D eigenvalue weighted by Gasteiger charge is -2.31. The minimum Gasteiger partial charge on any atom is -0.465 e. The molecule has 7 heteroatoms. The van der Waals surface area contributed by atoms with Gasteiger partial charge in [-0.05, 0) is 50.5 Å². The summed E-state index contributed by atoms with van der Waals surface area (Å²) in [4.78, 5) is 41.7. The third-order valence-electron chi connectivity index (χ3n) is 5.46. The van der Waals surface area contributed by atoms with Crippen molar-refractivity contribution < 1.29 is 19.1 Å². The smallest absolute Gasteiger partial charge is 0.339 e. The van der Waals surface area contributed by atoms with Crippen LogP contribution in [-0.4, -0.2) is 54.4 Å². The average molecular weight is 392 g/mol. The fourth-order valence-electron chi connectivity index (χ4n) is 3.71. The Morgan fingerprint density at radius 2 is 1.86 bits per heavy atom. The molecule has 28 heavy (non-hydrogen) atoms. The molecule has 0 bridgehead atoms. The van der Waals surface area contributed by atoms with Crippen molar-refractivity contribution in [2.24, 2.45) is 11.8 Å². The quantitative estimate of drug-likeness (QED) is 0.699. The monoisotopic (exact) mass is 391 g/mol. The molecule has 156 valence electrons. The Kier molecular flexibility index (Phi) is 7.66. The molecule has 0 spiro atoms. The zero-order chi connectivity index (χ0) is 20.8. The summed E-state index contributed by atoms with van der Waals surface area (Å²) in [6.07, 6.45) is 3.13. The van der Waals surface area contributed by atoms with Crippen molar-refractivity contribution in [2.45, 2.75) is 53.4 Å². The largest absolute Gasteiger partial charge is 0.465 e. The van der Waals surface area contributed by atoms with Crippen LogP contribution in [0.5, 0.6) is 0 Å². The van der Waals surface area contributed by atoms with Crippen LogP contribution in [0, 0.1) is 25.7 Å². The van der Waals surface area contributed by atoms with Crippen molar-refractivity contribution in [3.05, 3.63) is 22.5 Å². The zero-order valence-corrected chi connectivity index (χ0v) is 17.7. The molecule has 0 aromatic carbocycles. The lowest BCUT2D eigenvalue weighted by molar-refractivity contribution is -0.122. The molecule has 2 rings (SSSR count). The summed E-state index contributed by atoms with van der Waals surface area (Å²) in [5.74, 6) is 0.446. The predicted molar refractivity (Wildman–Crippen MR) is 107 cm³/mol. The third kappa shape index (κ3) is 5.36. The van der Waals surface area contributed by atoms with E-state index in [-0.39, 0.29) is 11.8 Å². The Balaban J connectivity index is 1.89. The number of piperidine rings is 1. The molecule has 1 aliphatic heterocycles. The van der Waals surface area contributed by atoms with Crippen LogP contribution < -0.4 is 5.32 Å². The molecule has 7 nitrogen and oxygen atoms in total. The summed E-state index contributed by atoms with van der Waals surface area (Å²) in [5, 5.41) is 2.99. The number of carbonyl (C=O) groups is 3. The molecule has 1 fully saturated rings. The van der Waals surface area contributed by atoms with Crippen LogP contribution in [0.1, 0.15) is 71.6 Å². The highest BCUT2D eigenvalue weighted by molar-refractivity contribution is 6.00. The number of H-pyrrole nitrogens is 1. The molecule has 0 saturated carbocycles. The number of hydrogen-bond donors (Lipinski definition) is 2. The van der Waals surface area contributed by atoms with Gasteiger partial charge in [0.2, 0.25) is 5.91 Å². The summed E-state index contributed by atoms with van der Waals surface area (Å²) < 4.78 is 4.81. The SMILES string of the molecule is COC(=O)c1c(C)[nH]c(C(=O)N2CCC(CC(=O)NCCC(C)C)CC2)c1C. The first-order valence-electron chi connectivity index (χ1n) is 10.1. The summed E-state index contributed by atoms with van der Waals surface area (Å²) in [5.41, 5.74) is 2.14. The number of rotatable bonds is 7. The molecule has 0 atom stereocenters. The van der Waals surface area contributed by atoms with Crippen molar-refractivity contribution in [1.82, 2.24) is 15.2 Å². The molecule has 0 radical (unpaired) electrons. The number of nitrogens with zero attached hydrogens (tertiary/aromatic N) is 1. The van der Waals surface area contributed by atoms with Gasteiger partial charge in [0.05, 0.1) is 12.7 Å². The minimum atomic E-state index is -0.438. The molecule has 0 unspecified atom stereocenters. The Morgan fingerprint density at radius 3 is 2.43 bits per heavy atom. The maximum absolute atomic E-state index is 12.9. The number of esters is 1. The molecule has 2 amide bonds. The predicted octanol–water partition coefficient (Wildman–Crippen LogP) is 2.82. The highest BCUT2D eigenvalue weighted by atomic mass is 16.5. The molecule has 1 aromatic rings. The number of hydrogen-bond acceptors (Lipinski definition) is 4. The Labute approximate surface area is 167 Å². The van der Waals surface area contributed by atoms with E-state index in [0.717, 1.165) is 25.8 Å². The molecule has 0 aliphatic carbocycles. The Hall–Kier alpha value is -2.31. The van der Waals surface area contributed by atoms with Gasteiger partial charge in [-0.15, -0.1) is 0 Å². The molecular weight excluding hydrogens is 358 g/mol. The lowest BCUT2D eigenvalue weighted by atomic mass is 9.93. The van der Waals surface area contributed by atoms with E-state index >= 15 is 0 Å². The first kappa shape index (κ1) is 22.0. The standard InChI is InChI=1S/C21H33N3O4/c1-13(2)6-9-22-17(25)12-16-7-10-24(11-8-16)20(26)19-14(3)18(15(4)23-19)21(27)28-5/h13,16,23H,6-12H2,1-5H3,(H,22,25). The second kappa shape index (κ2) is 9.75. The summed E-state index contributed by atoms with van der Waals surface area (Å²) in [6, 6.07) is 0. The number of amides is 2. The van der Waals surface area contributed by atoms with Crippen LogP contribution in [0.3, 0.4) is 0 Å². The summed E-state index contributed by atoms with van der Waals surface area (Å²) in [6.45, 7) is 9.77. The maximum Gasteiger partial charge on any atom is 0.339 e. The summed E-state index contributed by atoms with van der Waals surface area (Å²) in [7, 11) is 1.33. The second-order valence-corrected chi connectivity index (χ2v) is 8.09. The molecular formula is C21H33N3O4. The van der Waals surface area contributed by atoms with Gasteiger partial charge in [-0.2, -0.15) is 0 Å². The molecule has 1 aliphatic rings. The Bertz CT molecular complexity index is 715. The number of likely N-dealkylation sites (tertiary alicyclic amines) is 1. The van der Waals surface area contributed by atoms with E-state index in [1.165, 1.54) is 7.11 Å². The minimum absolute atomic E-state index is 0.101. The van der Waals surface area contributed by atoms with Crippen LogP contribution in [0.2, 0.25) is 0 Å². The van der Waals surface area contributed by atoms with Gasteiger partial charge in [-0.3, -0.25) is 9.59 Å². The maximum atomic E-state index is 12.9. The van der Waals surface area contributed by atoms with E-state index in [0.29, 0.717) is 53.9 Å². The van der Waals surface area contributed by atoms with Gasteiger partial charge in [-0.25, -0.2) is 4.79 Å². The first-order valence-corrected chi connectivity index (χ1v) is 10.1.